The predicted octanol–water partition coefficient (Wildman–Crippen LogP) is 4.84. The van der Waals surface area contributed by atoms with Crippen LogP contribution in [0, 0.1) is 0 Å². The largest absolute Gasteiger partial charge is 0.504 e. The highest BCUT2D eigenvalue weighted by molar-refractivity contribution is 8.27. The van der Waals surface area contributed by atoms with Crippen molar-refractivity contribution in [3.8, 4) is 23.0 Å². The van der Waals surface area contributed by atoms with Crippen molar-refractivity contribution in [3.05, 3.63) is 57.3 Å². The first-order chi connectivity index (χ1) is 20.0. The van der Waals surface area contributed by atoms with E-state index < -0.39 is 17.9 Å². The standard InChI is InChI=1S/C28H26N2O8S4/c1-37-20-11-15(6-8-18(20)31)13-22-24(33)29(27(39)41-22)10-4-3-5-17(26(35)36)30-25(34)23(42-28(30)40)14-16-7-9-19(32)21(12-16)38-2/h6-9,11-14,17,31-32H,3-5,10H2,1-2H3,(H,35,36)/b22-13+,23-14+/t17-/m0/s1. The Bertz CT molecular complexity index is 1520. The van der Waals surface area contributed by atoms with Crippen LogP contribution >= 0.6 is 48.0 Å². The second kappa shape index (κ2) is 13.6. The number of carbonyl (C=O) groups is 3. The molecule has 4 rings (SSSR count). The van der Waals surface area contributed by atoms with E-state index in [9.17, 15) is 29.7 Å². The molecule has 220 valence electrons. The molecule has 2 amide bonds. The van der Waals surface area contributed by atoms with Gasteiger partial charge in [-0.1, -0.05) is 60.1 Å². The lowest BCUT2D eigenvalue weighted by molar-refractivity contribution is -0.145. The number of hydrogen-bond acceptors (Lipinski definition) is 11. The summed E-state index contributed by atoms with van der Waals surface area (Å²) in [4.78, 5) is 41.6. The minimum absolute atomic E-state index is 0.0119. The van der Waals surface area contributed by atoms with Gasteiger partial charge in [-0.25, -0.2) is 4.79 Å². The number of methoxy groups -OCH3 is 2. The van der Waals surface area contributed by atoms with Gasteiger partial charge in [0.15, 0.2) is 23.0 Å². The average molecular weight is 647 g/mol. The average Bonchev–Trinajstić information content (AvgIpc) is 3.38. The van der Waals surface area contributed by atoms with Gasteiger partial charge in [-0.15, -0.1) is 0 Å². The number of amides is 2. The van der Waals surface area contributed by atoms with Crippen molar-refractivity contribution in [2.45, 2.75) is 25.3 Å². The van der Waals surface area contributed by atoms with Gasteiger partial charge in [0.2, 0.25) is 0 Å². The van der Waals surface area contributed by atoms with Crippen molar-refractivity contribution in [2.75, 3.05) is 20.8 Å². The van der Waals surface area contributed by atoms with E-state index >= 15 is 0 Å². The number of phenols is 2. The molecule has 1 atom stereocenters. The van der Waals surface area contributed by atoms with Crippen LogP contribution in [-0.2, 0) is 14.4 Å². The second-order valence-corrected chi connectivity index (χ2v) is 12.4. The summed E-state index contributed by atoms with van der Waals surface area (Å²) >= 11 is 12.9. The number of aromatic hydroxyl groups is 2. The second-order valence-electron chi connectivity index (χ2n) is 9.10. The molecule has 2 aliphatic rings. The lowest BCUT2D eigenvalue weighted by atomic mass is 10.1. The number of thiocarbonyl (C=S) groups is 2. The van der Waals surface area contributed by atoms with Gasteiger partial charge in [-0.3, -0.25) is 19.4 Å². The van der Waals surface area contributed by atoms with Crippen molar-refractivity contribution < 1.29 is 39.2 Å². The number of hydrogen-bond donors (Lipinski definition) is 3. The first-order valence-corrected chi connectivity index (χ1v) is 15.0. The van der Waals surface area contributed by atoms with E-state index in [0.29, 0.717) is 33.2 Å². The lowest BCUT2D eigenvalue weighted by Gasteiger charge is -2.23. The SMILES string of the molecule is COc1cc(/C=C2/SC(=S)N(CCCC[C@@H](C(=O)O)N3C(=O)/C(=C\c4ccc(O)c(OC)c4)SC3=S)C2=O)ccc1O. The molecule has 2 fully saturated rings. The smallest absolute Gasteiger partial charge is 0.326 e. The normalized spacial score (nSPS) is 18.0. The molecule has 3 N–H and O–H groups in total. The molecule has 2 aromatic carbocycles. The van der Waals surface area contributed by atoms with Crippen LogP contribution in [0.2, 0.25) is 0 Å². The van der Waals surface area contributed by atoms with E-state index in [4.69, 9.17) is 33.9 Å². The maximum Gasteiger partial charge on any atom is 0.326 e. The van der Waals surface area contributed by atoms with Crippen LogP contribution in [0.4, 0.5) is 0 Å². The third-order valence-electron chi connectivity index (χ3n) is 6.41. The number of phenolic OH excluding ortho intramolecular Hbond substituents is 2. The lowest BCUT2D eigenvalue weighted by Crippen LogP contribution is -2.44. The summed E-state index contributed by atoms with van der Waals surface area (Å²) in [7, 11) is 2.84. The Labute approximate surface area is 261 Å². The molecule has 42 heavy (non-hydrogen) atoms. The van der Waals surface area contributed by atoms with Crippen molar-refractivity contribution in [1.82, 2.24) is 9.80 Å². The van der Waals surface area contributed by atoms with E-state index in [0.717, 1.165) is 28.4 Å². The van der Waals surface area contributed by atoms with Crippen LogP contribution < -0.4 is 9.47 Å². The number of ether oxygens (including phenoxy) is 2. The zero-order valence-corrected chi connectivity index (χ0v) is 25.7. The fourth-order valence-electron chi connectivity index (χ4n) is 4.28. The molecule has 0 radical (unpaired) electrons. The van der Waals surface area contributed by atoms with Crippen LogP contribution in [0.5, 0.6) is 23.0 Å². The molecule has 14 heteroatoms. The van der Waals surface area contributed by atoms with Gasteiger partial charge in [0.25, 0.3) is 11.8 Å². The number of rotatable bonds is 11. The van der Waals surface area contributed by atoms with E-state index in [-0.39, 0.29) is 51.1 Å². The van der Waals surface area contributed by atoms with E-state index in [2.05, 4.69) is 0 Å². The van der Waals surface area contributed by atoms with Crippen molar-refractivity contribution in [3.63, 3.8) is 0 Å². The minimum Gasteiger partial charge on any atom is -0.504 e. The van der Waals surface area contributed by atoms with E-state index in [1.165, 1.54) is 31.3 Å². The Hall–Kier alpha value is -3.59. The molecule has 2 aliphatic heterocycles. The van der Waals surface area contributed by atoms with Crippen molar-refractivity contribution in [1.29, 1.82) is 0 Å². The number of carbonyl (C=O) groups excluding carboxylic acids is 2. The minimum atomic E-state index is -1.18. The molecule has 10 nitrogen and oxygen atoms in total. The fourth-order valence-corrected chi connectivity index (χ4v) is 6.95. The Kier molecular flexibility index (Phi) is 10.1. The predicted molar refractivity (Wildman–Crippen MR) is 169 cm³/mol. The summed E-state index contributed by atoms with van der Waals surface area (Å²) in [6.07, 6.45) is 4.21. The summed E-state index contributed by atoms with van der Waals surface area (Å²) in [6.45, 7) is 0.286. The highest BCUT2D eigenvalue weighted by atomic mass is 32.2. The summed E-state index contributed by atoms with van der Waals surface area (Å²) in [6, 6.07) is 8.16. The number of benzene rings is 2. The van der Waals surface area contributed by atoms with Gasteiger partial charge in [0, 0.05) is 6.54 Å². The number of aliphatic carboxylic acids is 1. The Morgan fingerprint density at radius 2 is 1.40 bits per heavy atom. The van der Waals surface area contributed by atoms with E-state index in [1.54, 1.807) is 36.4 Å². The molecule has 0 unspecified atom stereocenters. The number of thioether (sulfide) groups is 2. The topological polar surface area (TPSA) is 137 Å². The van der Waals surface area contributed by atoms with Gasteiger partial charge >= 0.3 is 5.97 Å². The fraction of sp³-hybridized carbons (Fsp3) is 0.250. The Morgan fingerprint density at radius 3 is 1.93 bits per heavy atom. The molecule has 2 aromatic rings. The molecular formula is C28H26N2O8S4. The summed E-state index contributed by atoms with van der Waals surface area (Å²) in [5, 5.41) is 29.5. The van der Waals surface area contributed by atoms with Crippen molar-refractivity contribution >= 4 is 86.5 Å². The highest BCUT2D eigenvalue weighted by Crippen LogP contribution is 2.37. The Morgan fingerprint density at radius 1 is 0.881 bits per heavy atom. The first-order valence-electron chi connectivity index (χ1n) is 12.5. The maximum atomic E-state index is 13.2. The van der Waals surface area contributed by atoms with Gasteiger partial charge in [-0.2, -0.15) is 0 Å². The van der Waals surface area contributed by atoms with Crippen LogP contribution in [0.15, 0.2) is 46.2 Å². The Balaban J connectivity index is 1.37. The third kappa shape index (κ3) is 6.89. The quantitative estimate of drug-likeness (QED) is 0.175. The number of carboxylic acid groups (broad SMARTS) is 1. The van der Waals surface area contributed by atoms with Gasteiger partial charge in [0.1, 0.15) is 14.7 Å². The zero-order valence-electron chi connectivity index (χ0n) is 22.4. The summed E-state index contributed by atoms with van der Waals surface area (Å²) in [5.41, 5.74) is 1.25. The van der Waals surface area contributed by atoms with Crippen LogP contribution in [-0.4, -0.2) is 78.4 Å². The molecule has 0 aliphatic carbocycles. The van der Waals surface area contributed by atoms with Crippen molar-refractivity contribution in [2.24, 2.45) is 0 Å². The molecule has 2 heterocycles. The van der Waals surface area contributed by atoms with Crippen LogP contribution in [0.25, 0.3) is 12.2 Å². The van der Waals surface area contributed by atoms with Gasteiger partial charge in [0.05, 0.1) is 24.0 Å². The summed E-state index contributed by atoms with van der Waals surface area (Å²) in [5.74, 6) is -1.51. The molecule has 0 saturated carbocycles. The van der Waals surface area contributed by atoms with Crippen LogP contribution in [0.3, 0.4) is 0 Å². The van der Waals surface area contributed by atoms with Gasteiger partial charge in [-0.05, 0) is 66.8 Å². The van der Waals surface area contributed by atoms with E-state index in [1.807, 2.05) is 0 Å². The van der Waals surface area contributed by atoms with Crippen LogP contribution in [0.1, 0.15) is 30.4 Å². The molecule has 0 spiro atoms. The third-order valence-corrected chi connectivity index (χ3v) is 9.11. The number of nitrogens with zero attached hydrogens (tertiary/aromatic N) is 2. The highest BCUT2D eigenvalue weighted by Gasteiger charge is 2.40. The summed E-state index contributed by atoms with van der Waals surface area (Å²) < 4.78 is 10.7. The zero-order chi connectivity index (χ0) is 30.6. The molecular weight excluding hydrogens is 621 g/mol. The van der Waals surface area contributed by atoms with Gasteiger partial charge < -0.3 is 24.8 Å². The number of unbranched alkanes of at least 4 members (excludes halogenated alkanes) is 1. The molecule has 0 bridgehead atoms. The molecule has 2 saturated heterocycles. The monoisotopic (exact) mass is 646 g/mol. The number of carboxylic acids is 1. The maximum absolute atomic E-state index is 13.2. The first kappa shape index (κ1) is 31.3. The molecule has 0 aromatic heterocycles.